The fraction of sp³-hybridized carbons (Fsp3) is 0.933. The molecule has 4 atom stereocenters. The van der Waals surface area contributed by atoms with E-state index in [1.807, 2.05) is 11.8 Å². The molecule has 118 valence electrons. The summed E-state index contributed by atoms with van der Waals surface area (Å²) in [6.07, 6.45) is 2.26. The third kappa shape index (κ3) is 5.67. The highest BCUT2D eigenvalue weighted by atomic mass is 16.5. The molecule has 1 saturated heterocycles. The Kier molecular flexibility index (Phi) is 7.30. The summed E-state index contributed by atoms with van der Waals surface area (Å²) in [5.74, 6) is 0.614. The first kappa shape index (κ1) is 17.2. The molecular weight excluding hydrogens is 256 g/mol. The van der Waals surface area contributed by atoms with Crippen molar-refractivity contribution in [3.8, 4) is 0 Å². The number of rotatable bonds is 6. The topological polar surface area (TPSA) is 61.8 Å². The van der Waals surface area contributed by atoms with E-state index >= 15 is 0 Å². The van der Waals surface area contributed by atoms with Crippen molar-refractivity contribution in [3.05, 3.63) is 0 Å². The minimum atomic E-state index is -0.422. The first-order valence-corrected chi connectivity index (χ1v) is 7.77. The molecule has 0 saturated carbocycles. The number of hydrogen-bond donors (Lipinski definition) is 2. The number of ether oxygens (including phenoxy) is 1. The Labute approximate surface area is 122 Å². The zero-order valence-electron chi connectivity index (χ0n) is 13.3. The number of hydrogen-bond acceptors (Lipinski definition) is 3. The maximum absolute atomic E-state index is 12.3. The van der Waals surface area contributed by atoms with Crippen LogP contribution in [0.2, 0.25) is 0 Å². The molecule has 2 N–H and O–H groups in total. The van der Waals surface area contributed by atoms with Gasteiger partial charge in [-0.25, -0.2) is 4.79 Å². The van der Waals surface area contributed by atoms with Crippen LogP contribution >= 0.6 is 0 Å². The molecular formula is C15H30N2O3. The van der Waals surface area contributed by atoms with E-state index in [0.717, 1.165) is 12.8 Å². The molecule has 2 amide bonds. The number of aliphatic hydroxyl groups excluding tert-OH is 1. The predicted molar refractivity (Wildman–Crippen MR) is 79.7 cm³/mol. The molecule has 0 bridgehead atoms. The smallest absolute Gasteiger partial charge is 0.318 e. The standard InChI is InChI=1S/C15H30N2O3/c1-5-11(2)8-12(3)16-15(19)17-6-7-20-10-14(17)9-13(4)18/h11-14,18H,5-10H2,1-4H3,(H,16,19)/t11-,12-,13+,14-/m0/s1. The van der Waals surface area contributed by atoms with E-state index in [-0.39, 0.29) is 18.1 Å². The predicted octanol–water partition coefficient (Wildman–Crippen LogP) is 1.99. The fourth-order valence-electron chi connectivity index (χ4n) is 2.63. The van der Waals surface area contributed by atoms with Crippen molar-refractivity contribution in [1.82, 2.24) is 10.2 Å². The van der Waals surface area contributed by atoms with E-state index < -0.39 is 6.10 Å². The molecule has 20 heavy (non-hydrogen) atoms. The Morgan fingerprint density at radius 3 is 2.75 bits per heavy atom. The minimum Gasteiger partial charge on any atom is -0.393 e. The summed E-state index contributed by atoms with van der Waals surface area (Å²) >= 11 is 0. The lowest BCUT2D eigenvalue weighted by Gasteiger charge is -2.37. The third-order valence-corrected chi connectivity index (χ3v) is 3.92. The zero-order valence-corrected chi connectivity index (χ0v) is 13.3. The van der Waals surface area contributed by atoms with E-state index in [9.17, 15) is 9.90 Å². The van der Waals surface area contributed by atoms with Crippen molar-refractivity contribution in [1.29, 1.82) is 0 Å². The molecule has 1 heterocycles. The maximum Gasteiger partial charge on any atom is 0.318 e. The van der Waals surface area contributed by atoms with Crippen molar-refractivity contribution in [2.45, 2.75) is 65.1 Å². The SMILES string of the molecule is CC[C@H](C)C[C@H](C)NC(=O)N1CCOC[C@@H]1C[C@@H](C)O. The van der Waals surface area contributed by atoms with Gasteiger partial charge in [0.2, 0.25) is 0 Å². The van der Waals surface area contributed by atoms with E-state index in [4.69, 9.17) is 4.74 Å². The van der Waals surface area contributed by atoms with Gasteiger partial charge >= 0.3 is 6.03 Å². The van der Waals surface area contributed by atoms with Crippen LogP contribution in [0.4, 0.5) is 4.79 Å². The van der Waals surface area contributed by atoms with Gasteiger partial charge in [-0.3, -0.25) is 0 Å². The summed E-state index contributed by atoms with van der Waals surface area (Å²) in [6, 6.07) is 0.113. The van der Waals surface area contributed by atoms with E-state index in [2.05, 4.69) is 19.2 Å². The normalized spacial score (nSPS) is 24.1. The summed E-state index contributed by atoms with van der Waals surface area (Å²) in [7, 11) is 0. The quantitative estimate of drug-likeness (QED) is 0.785. The van der Waals surface area contributed by atoms with Gasteiger partial charge in [-0.05, 0) is 32.6 Å². The summed E-state index contributed by atoms with van der Waals surface area (Å²) in [5, 5.41) is 12.6. The van der Waals surface area contributed by atoms with Crippen LogP contribution in [0.25, 0.3) is 0 Å². The largest absolute Gasteiger partial charge is 0.393 e. The van der Waals surface area contributed by atoms with Gasteiger partial charge in [0.15, 0.2) is 0 Å². The summed E-state index contributed by atoms with van der Waals surface area (Å²) in [6.45, 7) is 9.85. The highest BCUT2D eigenvalue weighted by molar-refractivity contribution is 5.75. The Bertz CT molecular complexity index is 297. The Hall–Kier alpha value is -0.810. The Morgan fingerprint density at radius 1 is 1.45 bits per heavy atom. The maximum atomic E-state index is 12.3. The van der Waals surface area contributed by atoms with Crippen molar-refractivity contribution in [2.24, 2.45) is 5.92 Å². The van der Waals surface area contributed by atoms with Gasteiger partial charge in [-0.15, -0.1) is 0 Å². The average Bonchev–Trinajstić information content (AvgIpc) is 2.38. The van der Waals surface area contributed by atoms with Crippen LogP contribution in [-0.2, 0) is 4.74 Å². The first-order valence-electron chi connectivity index (χ1n) is 7.77. The van der Waals surface area contributed by atoms with E-state index in [1.54, 1.807) is 6.92 Å². The zero-order chi connectivity index (χ0) is 15.1. The van der Waals surface area contributed by atoms with E-state index in [1.165, 1.54) is 0 Å². The molecule has 5 heteroatoms. The fourth-order valence-corrected chi connectivity index (χ4v) is 2.63. The van der Waals surface area contributed by atoms with Gasteiger partial charge in [0.05, 0.1) is 25.4 Å². The molecule has 0 unspecified atom stereocenters. The van der Waals surface area contributed by atoms with Gasteiger partial charge in [-0.1, -0.05) is 20.3 Å². The van der Waals surface area contributed by atoms with Gasteiger partial charge < -0.3 is 20.1 Å². The number of morpholine rings is 1. The van der Waals surface area contributed by atoms with E-state index in [0.29, 0.717) is 32.1 Å². The van der Waals surface area contributed by atoms with Crippen LogP contribution < -0.4 is 5.32 Å². The molecule has 0 radical (unpaired) electrons. The summed E-state index contributed by atoms with van der Waals surface area (Å²) in [5.41, 5.74) is 0. The van der Waals surface area contributed by atoms with Crippen LogP contribution in [0.1, 0.15) is 47.0 Å². The molecule has 0 spiro atoms. The van der Waals surface area contributed by atoms with Gasteiger partial charge in [0.25, 0.3) is 0 Å². The molecule has 1 aliphatic heterocycles. The third-order valence-electron chi connectivity index (χ3n) is 3.92. The first-order chi connectivity index (χ1) is 9.43. The summed E-state index contributed by atoms with van der Waals surface area (Å²) in [4.78, 5) is 14.2. The lowest BCUT2D eigenvalue weighted by atomic mass is 10.0. The second-order valence-electron chi connectivity index (χ2n) is 6.11. The number of amides is 2. The Balaban J connectivity index is 2.50. The highest BCUT2D eigenvalue weighted by Gasteiger charge is 2.28. The number of nitrogens with one attached hydrogen (secondary N) is 1. The molecule has 1 aliphatic rings. The van der Waals surface area contributed by atoms with Crippen molar-refractivity contribution in [2.75, 3.05) is 19.8 Å². The highest BCUT2D eigenvalue weighted by Crippen LogP contribution is 2.14. The lowest BCUT2D eigenvalue weighted by molar-refractivity contribution is -0.00483. The van der Waals surface area contributed by atoms with Crippen LogP contribution in [0, 0.1) is 5.92 Å². The molecule has 1 rings (SSSR count). The monoisotopic (exact) mass is 286 g/mol. The molecule has 0 aromatic rings. The number of aliphatic hydroxyl groups is 1. The second-order valence-corrected chi connectivity index (χ2v) is 6.11. The van der Waals surface area contributed by atoms with Crippen LogP contribution in [0.5, 0.6) is 0 Å². The lowest BCUT2D eigenvalue weighted by Crippen LogP contribution is -2.54. The number of nitrogens with zero attached hydrogens (tertiary/aromatic N) is 1. The molecule has 0 aromatic heterocycles. The van der Waals surface area contributed by atoms with Crippen LogP contribution in [-0.4, -0.2) is 54.0 Å². The molecule has 5 nitrogen and oxygen atoms in total. The Morgan fingerprint density at radius 2 is 2.15 bits per heavy atom. The summed E-state index contributed by atoms with van der Waals surface area (Å²) < 4.78 is 5.42. The van der Waals surface area contributed by atoms with Gasteiger partial charge in [-0.2, -0.15) is 0 Å². The van der Waals surface area contributed by atoms with Crippen LogP contribution in [0.3, 0.4) is 0 Å². The van der Waals surface area contributed by atoms with Gasteiger partial charge in [0.1, 0.15) is 0 Å². The number of urea groups is 1. The van der Waals surface area contributed by atoms with Crippen molar-refractivity contribution in [3.63, 3.8) is 0 Å². The molecule has 0 aromatic carbocycles. The second kappa shape index (κ2) is 8.47. The van der Waals surface area contributed by atoms with Crippen molar-refractivity contribution >= 4 is 6.03 Å². The number of carbonyl (C=O) groups excluding carboxylic acids is 1. The molecule has 0 aliphatic carbocycles. The minimum absolute atomic E-state index is 0.0282. The molecule has 1 fully saturated rings. The van der Waals surface area contributed by atoms with Gasteiger partial charge in [0, 0.05) is 12.6 Å². The van der Waals surface area contributed by atoms with Crippen LogP contribution in [0.15, 0.2) is 0 Å². The number of carbonyl (C=O) groups is 1. The average molecular weight is 286 g/mol. The van der Waals surface area contributed by atoms with Crippen molar-refractivity contribution < 1.29 is 14.6 Å².